The number of rotatable bonds is 24. The summed E-state index contributed by atoms with van der Waals surface area (Å²) in [5.74, 6) is 0.806. The van der Waals surface area contributed by atoms with E-state index in [2.05, 4.69) is 21.3 Å². The quantitative estimate of drug-likeness (QED) is 0.0547. The van der Waals surface area contributed by atoms with Crippen LogP contribution in [-0.4, -0.2) is 159 Å². The third-order valence-corrected chi connectivity index (χ3v) is 17.8. The van der Waals surface area contributed by atoms with Gasteiger partial charge in [-0.05, 0) is 174 Å². The van der Waals surface area contributed by atoms with Gasteiger partial charge in [0.05, 0.1) is 26.3 Å². The number of hydrogen-bond acceptors (Lipinski definition) is 10. The number of carbonyl (C=O) groups excluding carboxylic acids is 6. The molecule has 16 heteroatoms. The number of nitrogens with zero attached hydrogens (tertiary/aromatic N) is 4. The molecular weight excluding hydrogens is 1010 g/mol. The maximum atomic E-state index is 15.0. The number of nitrogens with one attached hydrogen (secondary N) is 4. The lowest BCUT2D eigenvalue weighted by atomic mass is 9.83. The highest BCUT2D eigenvalue weighted by molar-refractivity contribution is 6.02. The van der Waals surface area contributed by atoms with E-state index in [4.69, 9.17) is 9.47 Å². The average molecular weight is 1100 g/mol. The van der Waals surface area contributed by atoms with Crippen LogP contribution in [0.25, 0.3) is 10.8 Å². The van der Waals surface area contributed by atoms with Crippen molar-refractivity contribution in [1.82, 2.24) is 40.9 Å². The van der Waals surface area contributed by atoms with Crippen molar-refractivity contribution < 1.29 is 38.2 Å². The summed E-state index contributed by atoms with van der Waals surface area (Å²) in [5.41, 5.74) is 3.11. The molecule has 0 unspecified atom stereocenters. The lowest BCUT2D eigenvalue weighted by molar-refractivity contribution is -0.139. The van der Waals surface area contributed by atoms with Crippen molar-refractivity contribution in [2.24, 2.45) is 11.8 Å². The van der Waals surface area contributed by atoms with E-state index in [9.17, 15) is 28.8 Å². The zero-order valence-electron chi connectivity index (χ0n) is 48.3. The highest BCUT2D eigenvalue weighted by Gasteiger charge is 2.42. The van der Waals surface area contributed by atoms with Crippen molar-refractivity contribution >= 4 is 46.2 Å². The van der Waals surface area contributed by atoms with Crippen LogP contribution in [0.4, 0.5) is 0 Å². The van der Waals surface area contributed by atoms with Gasteiger partial charge in [0.2, 0.25) is 23.6 Å². The maximum absolute atomic E-state index is 15.0. The first-order valence-corrected chi connectivity index (χ1v) is 29.7. The van der Waals surface area contributed by atoms with Crippen LogP contribution in [0.1, 0.15) is 136 Å². The van der Waals surface area contributed by atoms with Crippen molar-refractivity contribution in [3.05, 3.63) is 107 Å². The van der Waals surface area contributed by atoms with Crippen LogP contribution in [0.5, 0.6) is 11.5 Å². The fourth-order valence-electron chi connectivity index (χ4n) is 12.6. The van der Waals surface area contributed by atoms with E-state index in [1.54, 1.807) is 42.2 Å². The molecule has 4 fully saturated rings. The number of amides is 6. The molecule has 4 N–H and O–H groups in total. The minimum atomic E-state index is -0.626. The number of likely N-dealkylation sites (tertiary alicyclic amines) is 2. The molecule has 80 heavy (non-hydrogen) atoms. The van der Waals surface area contributed by atoms with Crippen molar-refractivity contribution in [3.8, 4) is 11.5 Å². The topological polar surface area (TPSA) is 182 Å². The molecule has 0 spiro atoms. The molecule has 2 saturated heterocycles. The van der Waals surface area contributed by atoms with Crippen molar-refractivity contribution in [3.63, 3.8) is 0 Å². The van der Waals surface area contributed by atoms with Crippen molar-refractivity contribution in [1.29, 1.82) is 0 Å². The SMILES string of the molecule is CN[C@@H](C)C(=O)N[C@H](C(=O)N1CCC[C@@H]1CN(CCc1ccc(OC)cc1)C(=O)c1ccc2cc(C(=O)N(CCc3ccc(OC)cc3)C[C@@H]3CCCN3C(=O)[C@@H](NC(=O)[C@H](C)NC)C3CCCCC3)ccc2c1)C1CCCCC1. The number of methoxy groups -OCH3 is 2. The molecule has 4 aromatic carbocycles. The maximum Gasteiger partial charge on any atom is 0.253 e. The fraction of sp³-hybridized carbons (Fsp3) is 0.562. The highest BCUT2D eigenvalue weighted by atomic mass is 16.5. The molecule has 432 valence electrons. The van der Waals surface area contributed by atoms with Gasteiger partial charge in [0.1, 0.15) is 23.6 Å². The van der Waals surface area contributed by atoms with E-state index >= 15 is 0 Å². The predicted molar refractivity (Wildman–Crippen MR) is 313 cm³/mol. The normalized spacial score (nSPS) is 19.4. The molecule has 4 aliphatic rings. The van der Waals surface area contributed by atoms with Gasteiger partial charge in [0.15, 0.2) is 0 Å². The summed E-state index contributed by atoms with van der Waals surface area (Å²) >= 11 is 0. The second kappa shape index (κ2) is 28.8. The molecule has 2 aliphatic carbocycles. The van der Waals surface area contributed by atoms with Crippen molar-refractivity contribution in [2.45, 2.75) is 153 Å². The van der Waals surface area contributed by atoms with Crippen LogP contribution in [-0.2, 0) is 32.0 Å². The molecule has 4 aromatic rings. The van der Waals surface area contributed by atoms with Crippen LogP contribution < -0.4 is 30.7 Å². The van der Waals surface area contributed by atoms with Crippen LogP contribution in [0.3, 0.4) is 0 Å². The first-order valence-electron chi connectivity index (χ1n) is 29.7. The van der Waals surface area contributed by atoms with E-state index in [0.29, 0.717) is 63.2 Å². The minimum Gasteiger partial charge on any atom is -0.497 e. The van der Waals surface area contributed by atoms with Gasteiger partial charge in [-0.2, -0.15) is 0 Å². The van der Waals surface area contributed by atoms with E-state index in [0.717, 1.165) is 123 Å². The molecule has 0 radical (unpaired) electrons. The predicted octanol–water partition coefficient (Wildman–Crippen LogP) is 7.55. The third kappa shape index (κ3) is 15.1. The van der Waals surface area contributed by atoms with Gasteiger partial charge in [0, 0.05) is 62.5 Å². The lowest BCUT2D eigenvalue weighted by Crippen LogP contribution is -2.57. The molecule has 2 heterocycles. The zero-order valence-corrected chi connectivity index (χ0v) is 48.3. The largest absolute Gasteiger partial charge is 0.497 e. The highest BCUT2D eigenvalue weighted by Crippen LogP contribution is 2.32. The second-order valence-electron chi connectivity index (χ2n) is 22.9. The minimum absolute atomic E-state index is 0.0560. The van der Waals surface area contributed by atoms with Crippen LogP contribution >= 0.6 is 0 Å². The molecule has 0 bridgehead atoms. The Labute approximate surface area is 474 Å². The lowest BCUT2D eigenvalue weighted by Gasteiger charge is -2.37. The molecule has 6 amide bonds. The van der Waals surface area contributed by atoms with Gasteiger partial charge in [-0.3, -0.25) is 28.8 Å². The first-order chi connectivity index (χ1) is 38.8. The van der Waals surface area contributed by atoms with Crippen LogP contribution in [0.2, 0.25) is 0 Å². The molecular formula is C64H88N8O8. The van der Waals surface area contributed by atoms with Gasteiger partial charge in [0.25, 0.3) is 11.8 Å². The Bertz CT molecular complexity index is 2540. The molecule has 2 saturated carbocycles. The average Bonchev–Trinajstić information content (AvgIpc) is 4.19. The Morgan fingerprint density at radius 3 is 1.24 bits per heavy atom. The van der Waals surface area contributed by atoms with Crippen LogP contribution in [0.15, 0.2) is 84.9 Å². The Morgan fingerprint density at radius 2 is 0.887 bits per heavy atom. The van der Waals surface area contributed by atoms with Gasteiger partial charge in [-0.1, -0.05) is 74.9 Å². The zero-order chi connectivity index (χ0) is 56.7. The summed E-state index contributed by atoms with van der Waals surface area (Å²) in [6, 6.07) is 24.4. The number of hydrogen-bond donors (Lipinski definition) is 4. The fourth-order valence-corrected chi connectivity index (χ4v) is 12.6. The summed E-state index contributed by atoms with van der Waals surface area (Å²) in [5, 5.41) is 14.0. The van der Waals surface area contributed by atoms with Gasteiger partial charge in [-0.25, -0.2) is 0 Å². The Hall–Kier alpha value is -6.52. The molecule has 16 nitrogen and oxygen atoms in total. The smallest absolute Gasteiger partial charge is 0.253 e. The van der Waals surface area contributed by atoms with E-state index < -0.39 is 24.2 Å². The van der Waals surface area contributed by atoms with Crippen molar-refractivity contribution in [2.75, 3.05) is 67.6 Å². The first kappa shape index (κ1) is 59.6. The second-order valence-corrected chi connectivity index (χ2v) is 22.9. The van der Waals surface area contributed by atoms with E-state index in [-0.39, 0.29) is 59.4 Å². The summed E-state index contributed by atoms with van der Waals surface area (Å²) in [6.07, 6.45) is 14.2. The van der Waals surface area contributed by atoms with E-state index in [1.165, 1.54) is 0 Å². The molecule has 8 rings (SSSR count). The summed E-state index contributed by atoms with van der Waals surface area (Å²) < 4.78 is 10.8. The Balaban J connectivity index is 1.03. The number of benzene rings is 4. The summed E-state index contributed by atoms with van der Waals surface area (Å²) in [4.78, 5) is 93.7. The molecule has 2 aliphatic heterocycles. The van der Waals surface area contributed by atoms with E-state index in [1.807, 2.05) is 105 Å². The number of likely N-dealkylation sites (N-methyl/N-ethyl adjacent to an activating group) is 2. The third-order valence-electron chi connectivity index (χ3n) is 17.8. The number of carbonyl (C=O) groups is 6. The number of fused-ring (bicyclic) bond motifs is 1. The number of ether oxygens (including phenoxy) is 2. The molecule has 0 aromatic heterocycles. The van der Waals surface area contributed by atoms with Gasteiger partial charge in [-0.15, -0.1) is 0 Å². The summed E-state index contributed by atoms with van der Waals surface area (Å²) in [7, 11) is 6.76. The molecule has 6 atom stereocenters. The Morgan fingerprint density at radius 1 is 0.512 bits per heavy atom. The monoisotopic (exact) mass is 1100 g/mol. The van der Waals surface area contributed by atoms with Crippen LogP contribution in [0, 0.1) is 11.8 Å². The van der Waals surface area contributed by atoms with Gasteiger partial charge >= 0.3 is 0 Å². The van der Waals surface area contributed by atoms with Gasteiger partial charge < -0.3 is 50.3 Å². The standard InChI is InChI=1S/C64H88N8O8/c1-43(65-3)59(73)67-57(47-15-9-7-10-16-47)63(77)71-35-13-19-53(71)41-69(37-33-45-21-29-55(79-5)30-22-45)61(75)51-27-25-50-40-52(28-26-49(50)39-51)62(76)70(38-34-46-23-31-56(80-6)32-24-46)42-54-20-14-36-72(54)64(78)58(48-17-11-8-12-18-48)68-60(74)44(2)66-4/h21-32,39-40,43-44,47-48,53-54,57-58,65-66H,7-20,33-38,41-42H2,1-6H3,(H,67,73)(H,68,74)/t43-,44-,53-,54+,57-,58-/m0/s1. The summed E-state index contributed by atoms with van der Waals surface area (Å²) in [6.45, 7) is 6.24. The Kier molecular flexibility index (Phi) is 21.4.